The summed E-state index contributed by atoms with van der Waals surface area (Å²) in [7, 11) is 0. The van der Waals surface area contributed by atoms with Crippen LogP contribution in [0.3, 0.4) is 0 Å². The fraction of sp³-hybridized carbons (Fsp3) is 0.143. The van der Waals surface area contributed by atoms with Gasteiger partial charge < -0.3 is 10.3 Å². The molecule has 92 valence electrons. The van der Waals surface area contributed by atoms with Gasteiger partial charge in [0.1, 0.15) is 5.56 Å². The lowest BCUT2D eigenvalue weighted by Crippen LogP contribution is -2.21. The molecular formula is C14H14N2O2. The smallest absolute Gasteiger partial charge is 0.261 e. The van der Waals surface area contributed by atoms with Crippen LogP contribution in [0.5, 0.6) is 0 Å². The van der Waals surface area contributed by atoms with Crippen molar-refractivity contribution in [2.24, 2.45) is 0 Å². The number of hydrogen-bond donors (Lipinski definition) is 2. The molecule has 2 aromatic rings. The number of aromatic nitrogens is 1. The van der Waals surface area contributed by atoms with E-state index in [0.29, 0.717) is 0 Å². The molecule has 0 atom stereocenters. The number of rotatable bonds is 2. The molecule has 1 heterocycles. The van der Waals surface area contributed by atoms with Gasteiger partial charge in [-0.15, -0.1) is 0 Å². The first-order valence-electron chi connectivity index (χ1n) is 5.64. The van der Waals surface area contributed by atoms with Gasteiger partial charge in [-0.05, 0) is 31.0 Å². The molecule has 4 nitrogen and oxygen atoms in total. The van der Waals surface area contributed by atoms with Crippen LogP contribution < -0.4 is 10.7 Å². The molecule has 0 bridgehead atoms. The summed E-state index contributed by atoms with van der Waals surface area (Å²) in [6, 6.07) is 6.99. The number of aryl methyl sites for hydroxylation is 1. The van der Waals surface area contributed by atoms with Crippen molar-refractivity contribution in [1.82, 2.24) is 4.98 Å². The van der Waals surface area contributed by atoms with Crippen molar-refractivity contribution in [2.75, 3.05) is 5.32 Å². The molecule has 0 aliphatic rings. The Morgan fingerprint density at radius 2 is 2.00 bits per heavy atom. The van der Waals surface area contributed by atoms with E-state index in [9.17, 15) is 9.59 Å². The number of nitrogens with one attached hydrogen (secondary N) is 2. The van der Waals surface area contributed by atoms with Gasteiger partial charge in [0.05, 0.1) is 0 Å². The number of carbonyl (C=O) groups excluding carboxylic acids is 1. The first-order chi connectivity index (χ1) is 8.59. The van der Waals surface area contributed by atoms with Crippen LogP contribution in [-0.4, -0.2) is 10.9 Å². The van der Waals surface area contributed by atoms with E-state index in [-0.39, 0.29) is 11.0 Å². The number of carbonyl (C=O) groups is 1. The van der Waals surface area contributed by atoms with Crippen LogP contribution in [0.1, 0.15) is 21.5 Å². The molecular weight excluding hydrogens is 228 g/mol. The van der Waals surface area contributed by atoms with E-state index in [1.807, 2.05) is 32.0 Å². The lowest BCUT2D eigenvalue weighted by atomic mass is 10.1. The maximum Gasteiger partial charge on any atom is 0.261 e. The second kappa shape index (κ2) is 4.87. The number of pyridine rings is 1. The van der Waals surface area contributed by atoms with Gasteiger partial charge >= 0.3 is 0 Å². The van der Waals surface area contributed by atoms with Crippen LogP contribution >= 0.6 is 0 Å². The first kappa shape index (κ1) is 12.1. The Kier molecular flexibility index (Phi) is 3.28. The quantitative estimate of drug-likeness (QED) is 0.848. The summed E-state index contributed by atoms with van der Waals surface area (Å²) in [5.41, 5.74) is 2.63. The molecule has 1 aromatic heterocycles. The van der Waals surface area contributed by atoms with Crippen molar-refractivity contribution < 1.29 is 4.79 Å². The van der Waals surface area contributed by atoms with Gasteiger partial charge in [0, 0.05) is 24.1 Å². The molecule has 2 N–H and O–H groups in total. The Labute approximate surface area is 105 Å². The monoisotopic (exact) mass is 242 g/mol. The molecule has 1 amide bonds. The highest BCUT2D eigenvalue weighted by molar-refractivity contribution is 6.04. The van der Waals surface area contributed by atoms with Gasteiger partial charge in [0.2, 0.25) is 0 Å². The third-order valence-corrected chi connectivity index (χ3v) is 2.92. The first-order valence-corrected chi connectivity index (χ1v) is 5.64. The molecule has 0 saturated carbocycles. The summed E-state index contributed by atoms with van der Waals surface area (Å²) in [5, 5.41) is 2.75. The SMILES string of the molecule is Cc1cccc(NC(=O)c2c[nH]ccc2=O)c1C. The Balaban J connectivity index is 2.30. The van der Waals surface area contributed by atoms with E-state index >= 15 is 0 Å². The van der Waals surface area contributed by atoms with Crippen LogP contribution in [0.2, 0.25) is 0 Å². The molecule has 0 aliphatic carbocycles. The normalized spacial score (nSPS) is 10.1. The summed E-state index contributed by atoms with van der Waals surface area (Å²) in [5.74, 6) is -0.398. The van der Waals surface area contributed by atoms with Crippen LogP contribution in [0.15, 0.2) is 41.5 Å². The Morgan fingerprint density at radius 1 is 1.22 bits per heavy atom. The van der Waals surface area contributed by atoms with Gasteiger partial charge in [-0.1, -0.05) is 12.1 Å². The molecule has 0 unspecified atom stereocenters. The van der Waals surface area contributed by atoms with Crippen molar-refractivity contribution in [3.05, 3.63) is 63.6 Å². The summed E-state index contributed by atoms with van der Waals surface area (Å²) >= 11 is 0. The van der Waals surface area contributed by atoms with E-state index in [1.54, 1.807) is 0 Å². The summed E-state index contributed by atoms with van der Waals surface area (Å²) in [6.07, 6.45) is 2.90. The zero-order valence-corrected chi connectivity index (χ0v) is 10.3. The van der Waals surface area contributed by atoms with Crippen molar-refractivity contribution >= 4 is 11.6 Å². The second-order valence-corrected chi connectivity index (χ2v) is 4.12. The number of amides is 1. The molecule has 1 aromatic carbocycles. The van der Waals surface area contributed by atoms with Crippen molar-refractivity contribution in [2.45, 2.75) is 13.8 Å². The van der Waals surface area contributed by atoms with Crippen LogP contribution in [0, 0.1) is 13.8 Å². The Hall–Kier alpha value is -2.36. The van der Waals surface area contributed by atoms with E-state index < -0.39 is 5.91 Å². The van der Waals surface area contributed by atoms with E-state index in [2.05, 4.69) is 10.3 Å². The Morgan fingerprint density at radius 3 is 2.72 bits per heavy atom. The van der Waals surface area contributed by atoms with Gasteiger partial charge in [-0.3, -0.25) is 9.59 Å². The zero-order chi connectivity index (χ0) is 13.1. The Bertz CT molecular complexity index is 644. The van der Waals surface area contributed by atoms with E-state index in [4.69, 9.17) is 0 Å². The minimum atomic E-state index is -0.398. The zero-order valence-electron chi connectivity index (χ0n) is 10.3. The molecule has 0 aliphatic heterocycles. The predicted molar refractivity (Wildman–Crippen MR) is 70.9 cm³/mol. The fourth-order valence-corrected chi connectivity index (χ4v) is 1.67. The maximum atomic E-state index is 12.0. The second-order valence-electron chi connectivity index (χ2n) is 4.12. The lowest BCUT2D eigenvalue weighted by molar-refractivity contribution is 0.102. The van der Waals surface area contributed by atoms with E-state index in [1.165, 1.54) is 18.5 Å². The molecule has 18 heavy (non-hydrogen) atoms. The van der Waals surface area contributed by atoms with Gasteiger partial charge in [-0.25, -0.2) is 0 Å². The average Bonchev–Trinajstić information content (AvgIpc) is 2.35. The van der Waals surface area contributed by atoms with Crippen LogP contribution in [0.4, 0.5) is 5.69 Å². The molecule has 4 heteroatoms. The predicted octanol–water partition coefficient (Wildman–Crippen LogP) is 2.24. The van der Waals surface area contributed by atoms with Gasteiger partial charge in [-0.2, -0.15) is 0 Å². The van der Waals surface area contributed by atoms with Crippen molar-refractivity contribution in [3.63, 3.8) is 0 Å². The number of H-pyrrole nitrogens is 1. The largest absolute Gasteiger partial charge is 0.367 e. The number of anilines is 1. The summed E-state index contributed by atoms with van der Waals surface area (Å²) in [6.45, 7) is 3.90. The van der Waals surface area contributed by atoms with Gasteiger partial charge in [0.25, 0.3) is 5.91 Å². The average molecular weight is 242 g/mol. The molecule has 0 radical (unpaired) electrons. The molecule has 0 fully saturated rings. The summed E-state index contributed by atoms with van der Waals surface area (Å²) in [4.78, 5) is 26.2. The van der Waals surface area contributed by atoms with Crippen LogP contribution in [0.25, 0.3) is 0 Å². The molecule has 0 spiro atoms. The molecule has 2 rings (SSSR count). The van der Waals surface area contributed by atoms with Gasteiger partial charge in [0.15, 0.2) is 5.43 Å². The highest BCUT2D eigenvalue weighted by Crippen LogP contribution is 2.18. The highest BCUT2D eigenvalue weighted by atomic mass is 16.2. The third-order valence-electron chi connectivity index (χ3n) is 2.92. The van der Waals surface area contributed by atoms with Crippen LogP contribution in [-0.2, 0) is 0 Å². The topological polar surface area (TPSA) is 62.0 Å². The summed E-state index contributed by atoms with van der Waals surface area (Å²) < 4.78 is 0. The minimum Gasteiger partial charge on any atom is -0.367 e. The number of aromatic amines is 1. The third kappa shape index (κ3) is 2.32. The lowest BCUT2D eigenvalue weighted by Gasteiger charge is -2.09. The van der Waals surface area contributed by atoms with E-state index in [0.717, 1.165) is 16.8 Å². The standard InChI is InChI=1S/C14H14N2O2/c1-9-4-3-5-12(10(9)2)16-14(18)11-8-15-7-6-13(11)17/h3-8H,1-2H3,(H,15,17)(H,16,18). The number of benzene rings is 1. The molecule has 0 saturated heterocycles. The van der Waals surface area contributed by atoms with Crippen molar-refractivity contribution in [3.8, 4) is 0 Å². The highest BCUT2D eigenvalue weighted by Gasteiger charge is 2.11. The fourth-order valence-electron chi connectivity index (χ4n) is 1.67. The minimum absolute atomic E-state index is 0.110. The maximum absolute atomic E-state index is 12.0. The number of hydrogen-bond acceptors (Lipinski definition) is 2. The van der Waals surface area contributed by atoms with Crippen molar-refractivity contribution in [1.29, 1.82) is 0 Å².